The zero-order chi connectivity index (χ0) is 16.7. The molecule has 3 nitrogen and oxygen atoms in total. The third kappa shape index (κ3) is 5.48. The van der Waals surface area contributed by atoms with Gasteiger partial charge < -0.3 is 10.4 Å². The lowest BCUT2D eigenvalue weighted by Crippen LogP contribution is -2.36. The van der Waals surface area contributed by atoms with Gasteiger partial charge in [0, 0.05) is 18.2 Å². The van der Waals surface area contributed by atoms with Crippen LogP contribution in [0.4, 0.5) is 4.39 Å². The van der Waals surface area contributed by atoms with Gasteiger partial charge in [0.25, 0.3) is 0 Å². The molecule has 4 heteroatoms. The molecule has 0 aliphatic rings. The summed E-state index contributed by atoms with van der Waals surface area (Å²) in [5.74, 6) is 6.03. The summed E-state index contributed by atoms with van der Waals surface area (Å²) in [7, 11) is 0. The Labute approximate surface area is 136 Å². The number of benzene rings is 1. The molecule has 0 radical (unpaired) electrons. The van der Waals surface area contributed by atoms with Crippen LogP contribution in [0.3, 0.4) is 0 Å². The zero-order valence-electron chi connectivity index (χ0n) is 13.4. The van der Waals surface area contributed by atoms with Gasteiger partial charge in [-0.3, -0.25) is 0 Å². The van der Waals surface area contributed by atoms with Crippen molar-refractivity contribution in [3.63, 3.8) is 0 Å². The molecule has 1 aromatic heterocycles. The normalized spacial score (nSPS) is 11.9. The van der Waals surface area contributed by atoms with Crippen LogP contribution in [0.5, 0.6) is 0 Å². The van der Waals surface area contributed by atoms with Gasteiger partial charge in [0.1, 0.15) is 11.5 Å². The summed E-state index contributed by atoms with van der Waals surface area (Å²) in [6.07, 6.45) is 0. The van der Waals surface area contributed by atoms with Crippen LogP contribution < -0.4 is 5.32 Å². The first-order chi connectivity index (χ1) is 11.1. The van der Waals surface area contributed by atoms with Crippen molar-refractivity contribution < 1.29 is 9.50 Å². The number of nitrogens with one attached hydrogen (secondary N) is 1. The first-order valence-corrected chi connectivity index (χ1v) is 7.66. The third-order valence-corrected chi connectivity index (χ3v) is 3.53. The number of nitrogens with zero attached hydrogens (tertiary/aromatic N) is 1. The minimum atomic E-state index is -0.273. The lowest BCUT2D eigenvalue weighted by atomic mass is 10.1. The maximum absolute atomic E-state index is 12.9. The molecule has 0 saturated heterocycles. The second kappa shape index (κ2) is 8.42. The minimum Gasteiger partial charge on any atom is -0.395 e. The summed E-state index contributed by atoms with van der Waals surface area (Å²) in [5.41, 5.74) is 2.28. The van der Waals surface area contributed by atoms with Gasteiger partial charge in [-0.05, 0) is 48.2 Å². The number of aromatic nitrogens is 1. The fourth-order valence-corrected chi connectivity index (χ4v) is 2.06. The monoisotopic (exact) mass is 312 g/mol. The molecule has 23 heavy (non-hydrogen) atoms. The Kier molecular flexibility index (Phi) is 6.28. The van der Waals surface area contributed by atoms with Crippen molar-refractivity contribution in [2.45, 2.75) is 26.4 Å². The summed E-state index contributed by atoms with van der Waals surface area (Å²) in [6, 6.07) is 11.8. The Morgan fingerprint density at radius 2 is 1.87 bits per heavy atom. The highest BCUT2D eigenvalue weighted by molar-refractivity contribution is 5.40. The van der Waals surface area contributed by atoms with E-state index >= 15 is 0 Å². The second-order valence-electron chi connectivity index (χ2n) is 5.69. The number of halogens is 1. The van der Waals surface area contributed by atoms with Crippen LogP contribution in [0.25, 0.3) is 0 Å². The van der Waals surface area contributed by atoms with Crippen molar-refractivity contribution in [1.82, 2.24) is 10.3 Å². The lowest BCUT2D eigenvalue weighted by molar-refractivity contribution is 0.209. The quantitative estimate of drug-likeness (QED) is 0.835. The lowest BCUT2D eigenvalue weighted by Gasteiger charge is -2.19. The molecular weight excluding hydrogens is 291 g/mol. The molecule has 0 fully saturated rings. The molecule has 0 saturated carbocycles. The predicted octanol–water partition coefficient (Wildman–Crippen LogP) is 2.73. The van der Waals surface area contributed by atoms with E-state index in [1.807, 2.05) is 18.2 Å². The van der Waals surface area contributed by atoms with Crippen LogP contribution >= 0.6 is 0 Å². The van der Waals surface area contributed by atoms with E-state index in [-0.39, 0.29) is 18.5 Å². The first-order valence-electron chi connectivity index (χ1n) is 7.66. The fourth-order valence-electron chi connectivity index (χ4n) is 2.06. The van der Waals surface area contributed by atoms with Gasteiger partial charge in [-0.15, -0.1) is 0 Å². The predicted molar refractivity (Wildman–Crippen MR) is 89.2 cm³/mol. The molecule has 2 rings (SSSR count). The Bertz CT molecular complexity index is 687. The molecule has 0 amide bonds. The largest absolute Gasteiger partial charge is 0.395 e. The van der Waals surface area contributed by atoms with Crippen molar-refractivity contribution in [3.05, 3.63) is 65.2 Å². The van der Waals surface area contributed by atoms with Crippen LogP contribution in [0, 0.1) is 23.6 Å². The standard InChI is InChI=1S/C19H21FN2O/c1-14(2)19(13-23)21-12-18-5-3-4-17(22-18)11-8-15-6-9-16(20)10-7-15/h3-7,9-10,14,19,21,23H,12-13H2,1-2H3/t19-/m0/s1. The number of pyridine rings is 1. The molecule has 2 aromatic rings. The van der Waals surface area contributed by atoms with Crippen LogP contribution in [0.15, 0.2) is 42.5 Å². The van der Waals surface area contributed by atoms with Crippen LogP contribution in [-0.2, 0) is 6.54 Å². The molecule has 0 aliphatic carbocycles. The van der Waals surface area contributed by atoms with Crippen LogP contribution in [-0.4, -0.2) is 22.7 Å². The summed E-state index contributed by atoms with van der Waals surface area (Å²) in [4.78, 5) is 4.48. The van der Waals surface area contributed by atoms with Crippen molar-refractivity contribution in [2.24, 2.45) is 5.92 Å². The summed E-state index contributed by atoms with van der Waals surface area (Å²) >= 11 is 0. The highest BCUT2D eigenvalue weighted by atomic mass is 19.1. The van der Waals surface area contributed by atoms with E-state index < -0.39 is 0 Å². The maximum Gasteiger partial charge on any atom is 0.123 e. The van der Waals surface area contributed by atoms with Crippen molar-refractivity contribution in [1.29, 1.82) is 0 Å². The molecule has 1 heterocycles. The number of rotatable bonds is 5. The molecule has 0 spiro atoms. The van der Waals surface area contributed by atoms with Gasteiger partial charge >= 0.3 is 0 Å². The van der Waals surface area contributed by atoms with Gasteiger partial charge in [0.05, 0.1) is 12.3 Å². The van der Waals surface area contributed by atoms with Crippen molar-refractivity contribution in [2.75, 3.05) is 6.61 Å². The zero-order valence-corrected chi connectivity index (χ0v) is 13.4. The molecule has 0 bridgehead atoms. The highest BCUT2D eigenvalue weighted by Crippen LogP contribution is 2.04. The Morgan fingerprint density at radius 1 is 1.13 bits per heavy atom. The van der Waals surface area contributed by atoms with E-state index in [1.54, 1.807) is 12.1 Å². The topological polar surface area (TPSA) is 45.1 Å². The van der Waals surface area contributed by atoms with E-state index in [0.29, 0.717) is 18.2 Å². The maximum atomic E-state index is 12.9. The molecule has 0 unspecified atom stereocenters. The average Bonchev–Trinajstić information content (AvgIpc) is 2.55. The van der Waals surface area contributed by atoms with Gasteiger partial charge in [-0.25, -0.2) is 9.37 Å². The van der Waals surface area contributed by atoms with Gasteiger partial charge in [0.15, 0.2) is 0 Å². The Balaban J connectivity index is 2.04. The van der Waals surface area contributed by atoms with E-state index in [0.717, 1.165) is 11.3 Å². The molecular formula is C19H21FN2O. The average molecular weight is 312 g/mol. The summed E-state index contributed by atoms with van der Waals surface area (Å²) in [6.45, 7) is 4.80. The highest BCUT2D eigenvalue weighted by Gasteiger charge is 2.11. The van der Waals surface area contributed by atoms with E-state index in [1.165, 1.54) is 12.1 Å². The fraction of sp³-hybridized carbons (Fsp3) is 0.316. The second-order valence-corrected chi connectivity index (χ2v) is 5.69. The van der Waals surface area contributed by atoms with Crippen LogP contribution in [0.2, 0.25) is 0 Å². The molecule has 1 aromatic carbocycles. The van der Waals surface area contributed by atoms with Crippen molar-refractivity contribution >= 4 is 0 Å². The molecule has 0 aliphatic heterocycles. The van der Waals surface area contributed by atoms with E-state index in [2.05, 4.69) is 36.0 Å². The Morgan fingerprint density at radius 3 is 2.52 bits per heavy atom. The minimum absolute atomic E-state index is 0.0470. The molecule has 2 N–H and O–H groups in total. The first kappa shape index (κ1) is 17.1. The number of aliphatic hydroxyl groups is 1. The SMILES string of the molecule is CC(C)[C@H](CO)NCc1cccc(C#Cc2ccc(F)cc2)n1. The van der Waals surface area contributed by atoms with E-state index in [9.17, 15) is 9.50 Å². The van der Waals surface area contributed by atoms with Crippen LogP contribution in [0.1, 0.15) is 30.8 Å². The number of hydrogen-bond acceptors (Lipinski definition) is 3. The summed E-state index contributed by atoms with van der Waals surface area (Å²) in [5, 5.41) is 12.6. The van der Waals surface area contributed by atoms with Crippen molar-refractivity contribution in [3.8, 4) is 11.8 Å². The van der Waals surface area contributed by atoms with Gasteiger partial charge in [0.2, 0.25) is 0 Å². The van der Waals surface area contributed by atoms with Gasteiger partial charge in [-0.2, -0.15) is 0 Å². The molecule has 120 valence electrons. The van der Waals surface area contributed by atoms with Gasteiger partial charge in [-0.1, -0.05) is 25.8 Å². The Hall–Kier alpha value is -2.22. The van der Waals surface area contributed by atoms with E-state index in [4.69, 9.17) is 0 Å². The number of aliphatic hydroxyl groups excluding tert-OH is 1. The third-order valence-electron chi connectivity index (χ3n) is 3.53. The molecule has 1 atom stereocenters. The number of hydrogen-bond donors (Lipinski definition) is 2. The smallest absolute Gasteiger partial charge is 0.123 e. The summed E-state index contributed by atoms with van der Waals surface area (Å²) < 4.78 is 12.9.